The van der Waals surface area contributed by atoms with E-state index in [-0.39, 0.29) is 33.2 Å². The smallest absolute Gasteiger partial charge is 0.254 e. The van der Waals surface area contributed by atoms with E-state index in [1.54, 1.807) is 42.5 Å². The second-order valence-corrected chi connectivity index (χ2v) is 9.70. The zero-order valence-electron chi connectivity index (χ0n) is 17.8. The van der Waals surface area contributed by atoms with Crippen LogP contribution in [-0.2, 0) is 9.84 Å². The van der Waals surface area contributed by atoms with Crippen molar-refractivity contribution in [3.8, 4) is 0 Å². The third-order valence-electron chi connectivity index (χ3n) is 5.45. The number of hydrogen-bond acceptors (Lipinski definition) is 8. The van der Waals surface area contributed by atoms with Gasteiger partial charge < -0.3 is 21.8 Å². The number of anilines is 3. The Hall–Kier alpha value is -3.79. The minimum Gasteiger partial charge on any atom is -0.365 e. The molecule has 1 aliphatic carbocycles. The van der Waals surface area contributed by atoms with Gasteiger partial charge in [0.25, 0.3) is 5.91 Å². The SMILES string of the molecule is N=C1CCCC[C@H]1Nc1ncc(C(N)=O)c(Nc2ccc(S(=O)(=O)c3ccccc3)cc2)n1. The van der Waals surface area contributed by atoms with Crippen molar-refractivity contribution in [2.45, 2.75) is 41.5 Å². The molecule has 0 aliphatic heterocycles. The highest BCUT2D eigenvalue weighted by molar-refractivity contribution is 7.91. The first-order chi connectivity index (χ1) is 15.8. The summed E-state index contributed by atoms with van der Waals surface area (Å²) in [5, 5.41) is 14.3. The molecule has 9 nitrogen and oxygen atoms in total. The molecule has 2 aromatic carbocycles. The summed E-state index contributed by atoms with van der Waals surface area (Å²) in [6, 6.07) is 14.2. The normalized spacial score (nSPS) is 16.2. The van der Waals surface area contributed by atoms with Crippen LogP contribution in [0.1, 0.15) is 36.0 Å². The third kappa shape index (κ3) is 5.01. The van der Waals surface area contributed by atoms with E-state index in [0.29, 0.717) is 11.4 Å². The second-order valence-electron chi connectivity index (χ2n) is 7.75. The van der Waals surface area contributed by atoms with E-state index in [1.165, 1.54) is 18.3 Å². The molecule has 1 amide bonds. The molecule has 1 atom stereocenters. The Morgan fingerprint density at radius 2 is 1.73 bits per heavy atom. The molecular weight excluding hydrogens is 440 g/mol. The van der Waals surface area contributed by atoms with E-state index in [1.807, 2.05) is 0 Å². The van der Waals surface area contributed by atoms with E-state index in [2.05, 4.69) is 20.6 Å². The fourth-order valence-corrected chi connectivity index (χ4v) is 4.93. The minimum absolute atomic E-state index is 0.0975. The second kappa shape index (κ2) is 9.37. The molecule has 1 saturated carbocycles. The summed E-state index contributed by atoms with van der Waals surface area (Å²) in [6.07, 6.45) is 4.91. The van der Waals surface area contributed by atoms with Crippen molar-refractivity contribution in [2.24, 2.45) is 5.73 Å². The first-order valence-corrected chi connectivity index (χ1v) is 12.0. The molecular formula is C23H24N6O3S. The molecule has 170 valence electrons. The van der Waals surface area contributed by atoms with Crippen molar-refractivity contribution in [3.05, 3.63) is 66.4 Å². The lowest BCUT2D eigenvalue weighted by Gasteiger charge is -2.24. The van der Waals surface area contributed by atoms with Gasteiger partial charge in [-0.05, 0) is 55.7 Å². The van der Waals surface area contributed by atoms with Gasteiger partial charge in [0, 0.05) is 17.6 Å². The summed E-state index contributed by atoms with van der Waals surface area (Å²) in [7, 11) is -3.64. The number of aromatic nitrogens is 2. The number of nitrogens with two attached hydrogens (primary N) is 1. The number of rotatable bonds is 7. The number of sulfone groups is 1. The Morgan fingerprint density at radius 1 is 1.03 bits per heavy atom. The van der Waals surface area contributed by atoms with Crippen LogP contribution in [0.25, 0.3) is 0 Å². The number of benzene rings is 2. The maximum absolute atomic E-state index is 12.8. The summed E-state index contributed by atoms with van der Waals surface area (Å²) in [4.78, 5) is 20.8. The lowest BCUT2D eigenvalue weighted by Crippen LogP contribution is -2.32. The standard InChI is InChI=1S/C23H24N6O3S/c24-19-8-4-5-9-20(19)28-23-26-14-18(21(25)30)22(29-23)27-15-10-12-17(13-11-15)33(31,32)16-6-2-1-3-7-16/h1-3,6-7,10-14,20,24H,4-5,8-9H2,(H2,25,30)(H2,26,27,28,29)/t20-/m1/s1. The van der Waals surface area contributed by atoms with Crippen LogP contribution in [0, 0.1) is 5.41 Å². The predicted octanol–water partition coefficient (Wildman–Crippen LogP) is 3.53. The average Bonchev–Trinajstić information content (AvgIpc) is 2.81. The molecule has 1 heterocycles. The Bertz CT molecular complexity index is 1280. The van der Waals surface area contributed by atoms with Gasteiger partial charge in [0.15, 0.2) is 0 Å². The molecule has 33 heavy (non-hydrogen) atoms. The molecule has 1 fully saturated rings. The molecule has 0 bridgehead atoms. The molecule has 1 aliphatic rings. The lowest BCUT2D eigenvalue weighted by molar-refractivity contribution is 0.100. The van der Waals surface area contributed by atoms with E-state index < -0.39 is 15.7 Å². The van der Waals surface area contributed by atoms with Crippen molar-refractivity contribution in [1.29, 1.82) is 5.41 Å². The average molecular weight is 465 g/mol. The third-order valence-corrected chi connectivity index (χ3v) is 7.23. The van der Waals surface area contributed by atoms with E-state index in [0.717, 1.165) is 25.7 Å². The number of carbonyl (C=O) groups excluding carboxylic acids is 1. The van der Waals surface area contributed by atoms with Crippen molar-refractivity contribution in [1.82, 2.24) is 9.97 Å². The van der Waals surface area contributed by atoms with Crippen LogP contribution in [0.3, 0.4) is 0 Å². The molecule has 1 aromatic heterocycles. The van der Waals surface area contributed by atoms with E-state index in [9.17, 15) is 13.2 Å². The van der Waals surface area contributed by atoms with Gasteiger partial charge in [-0.2, -0.15) is 4.98 Å². The van der Waals surface area contributed by atoms with Crippen LogP contribution in [0.15, 0.2) is 70.6 Å². The van der Waals surface area contributed by atoms with Gasteiger partial charge in [-0.1, -0.05) is 24.6 Å². The molecule has 0 saturated heterocycles. The van der Waals surface area contributed by atoms with Crippen LogP contribution >= 0.6 is 0 Å². The Balaban J connectivity index is 1.57. The van der Waals surface area contributed by atoms with Crippen LogP contribution < -0.4 is 16.4 Å². The maximum Gasteiger partial charge on any atom is 0.254 e. The summed E-state index contributed by atoms with van der Waals surface area (Å²) < 4.78 is 25.6. The number of hydrogen-bond donors (Lipinski definition) is 4. The van der Waals surface area contributed by atoms with Gasteiger partial charge in [-0.3, -0.25) is 4.79 Å². The van der Waals surface area contributed by atoms with Gasteiger partial charge in [0.1, 0.15) is 11.4 Å². The summed E-state index contributed by atoms with van der Waals surface area (Å²) >= 11 is 0. The van der Waals surface area contributed by atoms with Crippen molar-refractivity contribution < 1.29 is 13.2 Å². The molecule has 4 rings (SSSR count). The predicted molar refractivity (Wildman–Crippen MR) is 126 cm³/mol. The van der Waals surface area contributed by atoms with Crippen LogP contribution in [0.5, 0.6) is 0 Å². The van der Waals surface area contributed by atoms with Crippen molar-refractivity contribution in [3.63, 3.8) is 0 Å². The quantitative estimate of drug-likeness (QED) is 0.417. The van der Waals surface area contributed by atoms with Crippen LogP contribution in [-0.4, -0.2) is 36.0 Å². The highest BCUT2D eigenvalue weighted by atomic mass is 32.2. The zero-order valence-corrected chi connectivity index (χ0v) is 18.6. The van der Waals surface area contributed by atoms with Crippen LogP contribution in [0.2, 0.25) is 0 Å². The molecule has 0 radical (unpaired) electrons. The van der Waals surface area contributed by atoms with Crippen LogP contribution in [0.4, 0.5) is 17.5 Å². The van der Waals surface area contributed by atoms with Crippen molar-refractivity contribution in [2.75, 3.05) is 10.6 Å². The van der Waals surface area contributed by atoms with Gasteiger partial charge in [-0.25, -0.2) is 13.4 Å². The first kappa shape index (κ1) is 22.4. The Kier molecular flexibility index (Phi) is 6.36. The topological polar surface area (TPSA) is 151 Å². The molecule has 5 N–H and O–H groups in total. The van der Waals surface area contributed by atoms with E-state index >= 15 is 0 Å². The monoisotopic (exact) mass is 464 g/mol. The van der Waals surface area contributed by atoms with Gasteiger partial charge in [0.2, 0.25) is 15.8 Å². The maximum atomic E-state index is 12.8. The number of carbonyl (C=O) groups is 1. The highest BCUT2D eigenvalue weighted by Crippen LogP contribution is 2.25. The molecule has 3 aromatic rings. The Morgan fingerprint density at radius 3 is 2.39 bits per heavy atom. The molecule has 10 heteroatoms. The zero-order chi connectivity index (χ0) is 23.4. The first-order valence-electron chi connectivity index (χ1n) is 10.5. The van der Waals surface area contributed by atoms with Gasteiger partial charge in [-0.15, -0.1) is 0 Å². The highest BCUT2D eigenvalue weighted by Gasteiger charge is 2.21. The number of nitrogens with zero attached hydrogens (tertiary/aromatic N) is 2. The lowest BCUT2D eigenvalue weighted by atomic mass is 9.93. The largest absolute Gasteiger partial charge is 0.365 e. The Labute approximate surface area is 191 Å². The van der Waals surface area contributed by atoms with Gasteiger partial charge >= 0.3 is 0 Å². The van der Waals surface area contributed by atoms with E-state index in [4.69, 9.17) is 11.1 Å². The number of amides is 1. The number of primary amides is 1. The van der Waals surface area contributed by atoms with Crippen molar-refractivity contribution >= 4 is 38.9 Å². The fourth-order valence-electron chi connectivity index (χ4n) is 3.64. The van der Waals surface area contributed by atoms with Gasteiger partial charge in [0.05, 0.1) is 15.8 Å². The number of nitrogens with one attached hydrogen (secondary N) is 3. The molecule has 0 unspecified atom stereocenters. The fraction of sp³-hybridized carbons (Fsp3) is 0.217. The summed E-state index contributed by atoms with van der Waals surface area (Å²) in [5.74, 6) is -0.221. The summed E-state index contributed by atoms with van der Waals surface area (Å²) in [6.45, 7) is 0. The molecule has 0 spiro atoms. The summed E-state index contributed by atoms with van der Waals surface area (Å²) in [5.41, 5.74) is 6.71. The minimum atomic E-state index is -3.64.